The summed E-state index contributed by atoms with van der Waals surface area (Å²) < 4.78 is 25.8. The Balaban J connectivity index is 1.51. The minimum absolute atomic E-state index is 0.455. The lowest BCUT2D eigenvalue weighted by atomic mass is 10.1. The summed E-state index contributed by atoms with van der Waals surface area (Å²) in [6.45, 7) is -0.961. The maximum atomic E-state index is 12.6. The van der Waals surface area contributed by atoms with Crippen molar-refractivity contribution in [3.63, 3.8) is 0 Å². The van der Waals surface area contributed by atoms with Crippen LogP contribution in [0.3, 0.4) is 0 Å². The van der Waals surface area contributed by atoms with Crippen LogP contribution >= 0.6 is 0 Å². The summed E-state index contributed by atoms with van der Waals surface area (Å²) in [5, 5.41) is 15.6. The second kappa shape index (κ2) is 5.45. The van der Waals surface area contributed by atoms with Crippen molar-refractivity contribution < 1.29 is 8.78 Å². The molecule has 6 nitrogen and oxygen atoms in total. The fourth-order valence-corrected chi connectivity index (χ4v) is 3.44. The highest BCUT2D eigenvalue weighted by Gasteiger charge is 2.33. The Morgan fingerprint density at radius 2 is 2.00 bits per heavy atom. The van der Waals surface area contributed by atoms with E-state index in [-0.39, 0.29) is 0 Å². The normalized spacial score (nSPS) is 23.7. The van der Waals surface area contributed by atoms with Crippen LogP contribution in [0.4, 0.5) is 8.78 Å². The number of hydrogen-bond acceptors (Lipinski definition) is 3. The van der Waals surface area contributed by atoms with Gasteiger partial charge in [0.2, 0.25) is 0 Å². The van der Waals surface area contributed by atoms with Crippen LogP contribution in [0, 0.1) is 5.41 Å². The van der Waals surface area contributed by atoms with E-state index in [0.29, 0.717) is 33.9 Å². The molecule has 0 spiro atoms. The van der Waals surface area contributed by atoms with E-state index >= 15 is 0 Å². The topological polar surface area (TPSA) is 72.7 Å². The van der Waals surface area contributed by atoms with Crippen molar-refractivity contribution in [2.45, 2.75) is 31.5 Å². The van der Waals surface area contributed by atoms with Gasteiger partial charge < -0.3 is 15.2 Å². The molecule has 2 saturated heterocycles. The number of likely N-dealkylation sites (tertiary alicyclic amines) is 1. The van der Waals surface area contributed by atoms with Gasteiger partial charge in [-0.15, -0.1) is 0 Å². The average Bonchev–Trinajstić information content (AvgIpc) is 3.25. The van der Waals surface area contributed by atoms with E-state index in [4.69, 9.17) is 5.41 Å². The molecule has 3 N–H and O–H groups in total. The van der Waals surface area contributed by atoms with Gasteiger partial charge in [0.15, 0.2) is 0 Å². The molecular formula is C15H18F2N6. The van der Waals surface area contributed by atoms with Gasteiger partial charge in [-0.25, -0.2) is 4.68 Å². The highest BCUT2D eigenvalue weighted by Crippen LogP contribution is 2.24. The number of alkyl halides is 2. The monoisotopic (exact) mass is 320 g/mol. The van der Waals surface area contributed by atoms with Crippen LogP contribution in [-0.4, -0.2) is 50.7 Å². The van der Waals surface area contributed by atoms with Gasteiger partial charge in [0, 0.05) is 48.7 Å². The van der Waals surface area contributed by atoms with E-state index in [9.17, 15) is 8.78 Å². The number of piperazine rings is 1. The van der Waals surface area contributed by atoms with E-state index in [1.54, 1.807) is 6.20 Å². The van der Waals surface area contributed by atoms with Gasteiger partial charge in [-0.1, -0.05) is 0 Å². The molecule has 0 radical (unpaired) electrons. The van der Waals surface area contributed by atoms with Crippen molar-refractivity contribution in [2.75, 3.05) is 13.1 Å². The van der Waals surface area contributed by atoms with Crippen molar-refractivity contribution in [3.05, 3.63) is 30.4 Å². The molecule has 8 heteroatoms. The Labute approximate surface area is 132 Å². The second-order valence-electron chi connectivity index (χ2n) is 6.18. The van der Waals surface area contributed by atoms with E-state index in [0.717, 1.165) is 31.5 Å². The molecular weight excluding hydrogens is 302 g/mol. The number of aromatic amines is 1. The van der Waals surface area contributed by atoms with Crippen LogP contribution in [0.5, 0.6) is 0 Å². The lowest BCUT2D eigenvalue weighted by molar-refractivity contribution is 0.0566. The summed E-state index contributed by atoms with van der Waals surface area (Å²) >= 11 is 0. The maximum absolute atomic E-state index is 12.6. The molecule has 2 aliphatic heterocycles. The summed E-state index contributed by atoms with van der Waals surface area (Å²) in [5.74, 6) is 0.455. The Morgan fingerprint density at radius 3 is 2.65 bits per heavy atom. The summed E-state index contributed by atoms with van der Waals surface area (Å²) in [6.07, 6.45) is 6.78. The lowest BCUT2D eigenvalue weighted by Gasteiger charge is -2.34. The van der Waals surface area contributed by atoms with Crippen molar-refractivity contribution in [1.82, 2.24) is 25.0 Å². The van der Waals surface area contributed by atoms with Crippen LogP contribution in [-0.2, 0) is 0 Å². The first-order chi connectivity index (χ1) is 11.1. The predicted octanol–water partition coefficient (Wildman–Crippen LogP) is 2.03. The third kappa shape index (κ3) is 2.63. The molecule has 23 heavy (non-hydrogen) atoms. The molecule has 2 aromatic rings. The van der Waals surface area contributed by atoms with Crippen LogP contribution < -0.4 is 5.32 Å². The van der Waals surface area contributed by atoms with Crippen molar-refractivity contribution in [2.24, 2.45) is 0 Å². The number of H-pyrrole nitrogens is 1. The first-order valence-corrected chi connectivity index (χ1v) is 7.71. The lowest BCUT2D eigenvalue weighted by Crippen LogP contribution is -2.53. The summed E-state index contributed by atoms with van der Waals surface area (Å²) in [7, 11) is 0. The molecule has 0 aliphatic carbocycles. The highest BCUT2D eigenvalue weighted by molar-refractivity contribution is 5.96. The van der Waals surface area contributed by atoms with Crippen LogP contribution in [0.25, 0.3) is 11.1 Å². The standard InChI is InChI=1S/C15H18F2N6/c16-15(17)23-6-10(5-20-23)9-3-13(19-4-9)14(18)22-7-11-1-2-12(8-22)21-11/h3-6,11-12,15,18-19,21H,1-2,7-8H2. The largest absolute Gasteiger partial charge is 0.358 e. The van der Waals surface area contributed by atoms with E-state index < -0.39 is 6.55 Å². The molecule has 2 aromatic heterocycles. The van der Waals surface area contributed by atoms with Gasteiger partial charge in [-0.05, 0) is 18.9 Å². The molecule has 122 valence electrons. The summed E-state index contributed by atoms with van der Waals surface area (Å²) in [5.41, 5.74) is 2.07. The zero-order valence-electron chi connectivity index (χ0n) is 12.5. The predicted molar refractivity (Wildman–Crippen MR) is 81.6 cm³/mol. The zero-order chi connectivity index (χ0) is 16.0. The molecule has 2 unspecified atom stereocenters. The quantitative estimate of drug-likeness (QED) is 0.598. The zero-order valence-corrected chi connectivity index (χ0v) is 12.5. The number of fused-ring (bicyclic) bond motifs is 2. The molecule has 2 fully saturated rings. The Morgan fingerprint density at radius 1 is 1.26 bits per heavy atom. The van der Waals surface area contributed by atoms with Gasteiger partial charge in [-0.3, -0.25) is 5.41 Å². The smallest absolute Gasteiger partial charge is 0.333 e. The van der Waals surface area contributed by atoms with Crippen LogP contribution in [0.1, 0.15) is 25.1 Å². The molecule has 2 atom stereocenters. The molecule has 0 aromatic carbocycles. The Hall–Kier alpha value is -2.22. The van der Waals surface area contributed by atoms with Gasteiger partial charge in [0.25, 0.3) is 0 Å². The van der Waals surface area contributed by atoms with Crippen LogP contribution in [0.2, 0.25) is 0 Å². The molecule has 2 aliphatic rings. The number of hydrogen-bond donors (Lipinski definition) is 3. The van der Waals surface area contributed by atoms with E-state index in [1.807, 2.05) is 6.07 Å². The van der Waals surface area contributed by atoms with Crippen molar-refractivity contribution in [1.29, 1.82) is 5.41 Å². The fraction of sp³-hybridized carbons (Fsp3) is 0.467. The van der Waals surface area contributed by atoms with Crippen molar-refractivity contribution in [3.8, 4) is 11.1 Å². The fourth-order valence-electron chi connectivity index (χ4n) is 3.44. The molecule has 2 bridgehead atoms. The average molecular weight is 320 g/mol. The minimum Gasteiger partial charge on any atom is -0.358 e. The Bertz CT molecular complexity index is 709. The number of nitrogens with zero attached hydrogens (tertiary/aromatic N) is 3. The van der Waals surface area contributed by atoms with Gasteiger partial charge in [0.05, 0.1) is 11.9 Å². The number of rotatable bonds is 3. The van der Waals surface area contributed by atoms with Crippen molar-refractivity contribution >= 4 is 5.84 Å². The van der Waals surface area contributed by atoms with E-state index in [2.05, 4.69) is 20.3 Å². The number of halogens is 2. The van der Waals surface area contributed by atoms with Gasteiger partial charge in [0.1, 0.15) is 5.84 Å². The Kier molecular flexibility index (Phi) is 3.41. The third-order valence-electron chi connectivity index (χ3n) is 4.61. The maximum Gasteiger partial charge on any atom is 0.333 e. The third-order valence-corrected chi connectivity index (χ3v) is 4.61. The summed E-state index contributed by atoms with van der Waals surface area (Å²) in [6, 6.07) is 2.75. The second-order valence-corrected chi connectivity index (χ2v) is 6.18. The molecule has 4 rings (SSSR count). The van der Waals surface area contributed by atoms with Gasteiger partial charge >= 0.3 is 6.55 Å². The SMILES string of the molecule is N=C(c1cc(-c2cnn(C(F)F)c2)c[nH]1)N1CC2CCC(C1)N2. The van der Waals surface area contributed by atoms with Crippen LogP contribution in [0.15, 0.2) is 24.7 Å². The molecule has 4 heterocycles. The van der Waals surface area contributed by atoms with E-state index in [1.165, 1.54) is 12.4 Å². The number of amidine groups is 1. The molecule has 0 saturated carbocycles. The summed E-state index contributed by atoms with van der Waals surface area (Å²) in [4.78, 5) is 5.16. The first-order valence-electron chi connectivity index (χ1n) is 7.71. The minimum atomic E-state index is -2.64. The number of nitrogens with one attached hydrogen (secondary N) is 3. The highest BCUT2D eigenvalue weighted by atomic mass is 19.3. The number of aromatic nitrogens is 3. The van der Waals surface area contributed by atoms with Gasteiger partial charge in [-0.2, -0.15) is 13.9 Å². The first kappa shape index (κ1) is 14.4. The molecule has 0 amide bonds.